The van der Waals surface area contributed by atoms with Crippen LogP contribution in [0.2, 0.25) is 0 Å². The van der Waals surface area contributed by atoms with E-state index in [-0.39, 0.29) is 0 Å². The lowest BCUT2D eigenvalue weighted by atomic mass is 10.1. The van der Waals surface area contributed by atoms with Crippen molar-refractivity contribution in [3.8, 4) is 23.0 Å². The Morgan fingerprint density at radius 3 is 0.705 bits per heavy atom. The minimum atomic E-state index is 0.761. The second kappa shape index (κ2) is 14.9. The zero-order valence-corrected chi connectivity index (χ0v) is 25.9. The van der Waals surface area contributed by atoms with Crippen molar-refractivity contribution in [2.24, 2.45) is 0 Å². The van der Waals surface area contributed by atoms with Gasteiger partial charge in [0.05, 0.1) is 28.4 Å². The van der Waals surface area contributed by atoms with Crippen LogP contribution in [0.3, 0.4) is 0 Å². The summed E-state index contributed by atoms with van der Waals surface area (Å²) in [6.45, 7) is 3.04. The summed E-state index contributed by atoms with van der Waals surface area (Å²) in [4.78, 5) is 4.79. The predicted octanol–water partition coefficient (Wildman–Crippen LogP) is 8.13. The Morgan fingerprint density at radius 2 is 0.523 bits per heavy atom. The maximum atomic E-state index is 5.38. The van der Waals surface area contributed by atoms with Crippen LogP contribution < -0.4 is 28.7 Å². The highest BCUT2D eigenvalue weighted by Gasteiger charge is 2.13. The molecule has 0 radical (unpaired) electrons. The van der Waals surface area contributed by atoms with Gasteiger partial charge in [0.1, 0.15) is 23.0 Å². The number of methoxy groups -OCH3 is 4. The monoisotopic (exact) mass is 588 g/mol. The van der Waals surface area contributed by atoms with Crippen molar-refractivity contribution < 1.29 is 18.9 Å². The van der Waals surface area contributed by atoms with Gasteiger partial charge in [0.2, 0.25) is 0 Å². The Labute approximate surface area is 261 Å². The third-order valence-corrected chi connectivity index (χ3v) is 7.71. The molecular weight excluding hydrogens is 548 g/mol. The summed E-state index contributed by atoms with van der Waals surface area (Å²) in [7, 11) is 6.77. The largest absolute Gasteiger partial charge is 0.497 e. The molecule has 0 heterocycles. The Balaban J connectivity index is 1.42. The fourth-order valence-electron chi connectivity index (χ4n) is 5.16. The first-order valence-electron chi connectivity index (χ1n) is 14.7. The zero-order valence-electron chi connectivity index (χ0n) is 25.9. The highest BCUT2D eigenvalue weighted by Crippen LogP contribution is 2.28. The summed E-state index contributed by atoms with van der Waals surface area (Å²) in [6.07, 6.45) is 0. The van der Waals surface area contributed by atoms with E-state index in [1.807, 2.05) is 48.5 Å². The topological polar surface area (TPSA) is 43.4 Å². The van der Waals surface area contributed by atoms with Crippen LogP contribution in [0.4, 0.5) is 11.4 Å². The predicted molar refractivity (Wildman–Crippen MR) is 178 cm³/mol. The van der Waals surface area contributed by atoms with Gasteiger partial charge in [-0.25, -0.2) is 0 Å². The molecule has 0 amide bonds. The number of benzene rings is 5. The van der Waals surface area contributed by atoms with Crippen molar-refractivity contribution >= 4 is 11.4 Å². The van der Waals surface area contributed by atoms with Gasteiger partial charge in [-0.15, -0.1) is 0 Å². The molecule has 5 aromatic carbocycles. The lowest BCUT2D eigenvalue weighted by Gasteiger charge is -2.28. The Kier molecular flexibility index (Phi) is 10.3. The molecule has 0 aliphatic carbocycles. The van der Waals surface area contributed by atoms with Gasteiger partial charge in [-0.2, -0.15) is 0 Å². The van der Waals surface area contributed by atoms with Crippen LogP contribution in [0, 0.1) is 0 Å². The third kappa shape index (κ3) is 8.04. The molecule has 0 aliphatic heterocycles. The molecule has 0 N–H and O–H groups in total. The summed E-state index contributed by atoms with van der Waals surface area (Å²) in [5.74, 6) is 3.42. The summed E-state index contributed by atoms with van der Waals surface area (Å²) < 4.78 is 21.5. The van der Waals surface area contributed by atoms with Crippen LogP contribution in [-0.4, -0.2) is 28.4 Å². The number of hydrogen-bond donors (Lipinski definition) is 0. The summed E-state index contributed by atoms with van der Waals surface area (Å²) in [6, 6.07) is 42.0. The molecule has 6 nitrogen and oxygen atoms in total. The number of hydrogen-bond acceptors (Lipinski definition) is 6. The van der Waals surface area contributed by atoms with Crippen molar-refractivity contribution in [2.45, 2.75) is 26.2 Å². The Bertz CT molecular complexity index is 1350. The first-order valence-corrected chi connectivity index (χ1v) is 14.7. The zero-order chi connectivity index (χ0) is 30.7. The van der Waals surface area contributed by atoms with Crippen molar-refractivity contribution in [3.05, 3.63) is 144 Å². The average Bonchev–Trinajstić information content (AvgIpc) is 3.09. The van der Waals surface area contributed by atoms with Gasteiger partial charge in [0, 0.05) is 37.6 Å². The van der Waals surface area contributed by atoms with E-state index in [0.29, 0.717) is 0 Å². The quantitative estimate of drug-likeness (QED) is 0.131. The highest BCUT2D eigenvalue weighted by atomic mass is 16.5. The number of rotatable bonds is 14. The standard InChI is InChI=1S/C38H40N2O4/c1-41-35-17-5-29(6-18-35)25-39(26-30-7-19-36(42-2)20-8-30)33-13-15-34(16-14-33)40(27-31-9-21-37(43-3)22-10-31)28-32-11-23-38(44-4)24-12-32/h5-24H,25-28H2,1-4H3. The van der Waals surface area contributed by atoms with Gasteiger partial charge in [-0.1, -0.05) is 48.5 Å². The maximum Gasteiger partial charge on any atom is 0.118 e. The van der Waals surface area contributed by atoms with Crippen LogP contribution >= 0.6 is 0 Å². The minimum Gasteiger partial charge on any atom is -0.497 e. The van der Waals surface area contributed by atoms with Gasteiger partial charge < -0.3 is 28.7 Å². The molecular formula is C38H40N2O4. The first-order chi connectivity index (χ1) is 21.6. The molecule has 0 atom stereocenters. The van der Waals surface area contributed by atoms with Crippen molar-refractivity contribution in [1.82, 2.24) is 0 Å². The molecule has 44 heavy (non-hydrogen) atoms. The molecule has 0 saturated carbocycles. The van der Waals surface area contributed by atoms with Crippen LogP contribution in [0.5, 0.6) is 23.0 Å². The Hall–Kier alpha value is -5.10. The number of nitrogens with zero attached hydrogens (tertiary/aromatic N) is 2. The molecule has 0 spiro atoms. The Morgan fingerprint density at radius 1 is 0.318 bits per heavy atom. The van der Waals surface area contributed by atoms with Gasteiger partial charge in [-0.3, -0.25) is 0 Å². The normalized spacial score (nSPS) is 10.6. The second-order valence-electron chi connectivity index (χ2n) is 10.6. The molecule has 0 unspecified atom stereocenters. The van der Waals surface area contributed by atoms with Crippen molar-refractivity contribution in [3.63, 3.8) is 0 Å². The fraction of sp³-hybridized carbons (Fsp3) is 0.211. The van der Waals surface area contributed by atoms with Gasteiger partial charge >= 0.3 is 0 Å². The number of anilines is 2. The van der Waals surface area contributed by atoms with E-state index in [4.69, 9.17) is 18.9 Å². The average molecular weight is 589 g/mol. The first kappa shape index (κ1) is 30.4. The van der Waals surface area contributed by atoms with Crippen LogP contribution in [0.1, 0.15) is 22.3 Å². The molecule has 0 fully saturated rings. The lowest BCUT2D eigenvalue weighted by Crippen LogP contribution is -2.23. The molecule has 0 saturated heterocycles. The molecule has 6 heteroatoms. The molecule has 0 aromatic heterocycles. The fourth-order valence-corrected chi connectivity index (χ4v) is 5.16. The minimum absolute atomic E-state index is 0.761. The van der Waals surface area contributed by atoms with E-state index in [1.54, 1.807) is 28.4 Å². The van der Waals surface area contributed by atoms with E-state index in [1.165, 1.54) is 22.3 Å². The lowest BCUT2D eigenvalue weighted by molar-refractivity contribution is 0.414. The van der Waals surface area contributed by atoms with Gasteiger partial charge in [0.15, 0.2) is 0 Å². The van der Waals surface area contributed by atoms with E-state index in [2.05, 4.69) is 82.6 Å². The van der Waals surface area contributed by atoms with E-state index in [9.17, 15) is 0 Å². The van der Waals surface area contributed by atoms with Crippen LogP contribution in [0.15, 0.2) is 121 Å². The van der Waals surface area contributed by atoms with Crippen LogP contribution in [-0.2, 0) is 26.2 Å². The molecule has 0 aliphatic rings. The molecule has 5 aromatic rings. The summed E-state index contributed by atoms with van der Waals surface area (Å²) in [5, 5.41) is 0. The van der Waals surface area contributed by atoms with Gasteiger partial charge in [-0.05, 0) is 95.1 Å². The van der Waals surface area contributed by atoms with Crippen molar-refractivity contribution in [1.29, 1.82) is 0 Å². The summed E-state index contributed by atoms with van der Waals surface area (Å²) in [5.41, 5.74) is 7.14. The van der Waals surface area contributed by atoms with Crippen LogP contribution in [0.25, 0.3) is 0 Å². The smallest absolute Gasteiger partial charge is 0.118 e. The molecule has 226 valence electrons. The SMILES string of the molecule is COc1ccc(CN(Cc2ccc(OC)cc2)c2ccc(N(Cc3ccc(OC)cc3)Cc3ccc(OC)cc3)cc2)cc1. The number of ether oxygens (including phenoxy) is 4. The maximum absolute atomic E-state index is 5.38. The van der Waals surface area contributed by atoms with E-state index >= 15 is 0 Å². The second-order valence-corrected chi connectivity index (χ2v) is 10.6. The summed E-state index contributed by atoms with van der Waals surface area (Å²) >= 11 is 0. The third-order valence-electron chi connectivity index (χ3n) is 7.71. The highest BCUT2D eigenvalue weighted by molar-refractivity contribution is 5.57. The molecule has 0 bridgehead atoms. The van der Waals surface area contributed by atoms with Crippen molar-refractivity contribution in [2.75, 3.05) is 38.2 Å². The van der Waals surface area contributed by atoms with E-state index in [0.717, 1.165) is 60.6 Å². The molecule has 5 rings (SSSR count). The van der Waals surface area contributed by atoms with Gasteiger partial charge in [0.25, 0.3) is 0 Å². The van der Waals surface area contributed by atoms with E-state index < -0.39 is 0 Å².